The zero-order valence-electron chi connectivity index (χ0n) is 10.2. The number of nitrogens with zero attached hydrogens (tertiary/aromatic N) is 1. The van der Waals surface area contributed by atoms with Crippen molar-refractivity contribution in [2.75, 3.05) is 5.43 Å². The summed E-state index contributed by atoms with van der Waals surface area (Å²) in [6, 6.07) is 10.3. The maximum Gasteiger partial charge on any atom is 0.335 e. The molecule has 0 saturated carbocycles. The Balaban J connectivity index is 2.17. The predicted molar refractivity (Wildman–Crippen MR) is 76.0 cm³/mol. The van der Waals surface area contributed by atoms with E-state index in [0.29, 0.717) is 16.3 Å². The molecule has 0 bridgehead atoms. The minimum Gasteiger partial charge on any atom is -0.478 e. The number of hydrogen-bond donors (Lipinski definition) is 2. The SMILES string of the molecule is O=C(O)c1ccc(Cl)c(N/N=C\c2ccccc2F)c1. The van der Waals surface area contributed by atoms with E-state index in [-0.39, 0.29) is 5.56 Å². The fourth-order valence-corrected chi connectivity index (χ4v) is 1.65. The summed E-state index contributed by atoms with van der Waals surface area (Å²) in [6.45, 7) is 0. The molecule has 0 aromatic heterocycles. The Hall–Kier alpha value is -2.40. The average molecular weight is 293 g/mol. The van der Waals surface area contributed by atoms with Crippen molar-refractivity contribution in [3.63, 3.8) is 0 Å². The number of anilines is 1. The van der Waals surface area contributed by atoms with Gasteiger partial charge in [-0.05, 0) is 24.3 Å². The number of carboxylic acid groups (broad SMARTS) is 1. The summed E-state index contributed by atoms with van der Waals surface area (Å²) in [5, 5.41) is 13.0. The van der Waals surface area contributed by atoms with Gasteiger partial charge in [-0.1, -0.05) is 29.8 Å². The van der Waals surface area contributed by atoms with Crippen molar-refractivity contribution in [3.05, 3.63) is 64.4 Å². The molecular weight excluding hydrogens is 283 g/mol. The van der Waals surface area contributed by atoms with Crippen LogP contribution in [0, 0.1) is 5.82 Å². The molecule has 0 radical (unpaired) electrons. The fourth-order valence-electron chi connectivity index (χ4n) is 1.50. The Morgan fingerprint density at radius 1 is 1.30 bits per heavy atom. The van der Waals surface area contributed by atoms with Crippen LogP contribution in [0.15, 0.2) is 47.6 Å². The molecule has 0 unspecified atom stereocenters. The summed E-state index contributed by atoms with van der Waals surface area (Å²) in [5.41, 5.74) is 3.32. The summed E-state index contributed by atoms with van der Waals surface area (Å²) in [7, 11) is 0. The summed E-state index contributed by atoms with van der Waals surface area (Å²) in [4.78, 5) is 10.8. The fraction of sp³-hybridized carbons (Fsp3) is 0. The largest absolute Gasteiger partial charge is 0.478 e. The van der Waals surface area contributed by atoms with Crippen LogP contribution in [-0.4, -0.2) is 17.3 Å². The summed E-state index contributed by atoms with van der Waals surface area (Å²) >= 11 is 5.91. The number of benzene rings is 2. The first-order valence-corrected chi connectivity index (χ1v) is 6.02. The monoisotopic (exact) mass is 292 g/mol. The average Bonchev–Trinajstić information content (AvgIpc) is 2.42. The van der Waals surface area contributed by atoms with Gasteiger partial charge in [0.2, 0.25) is 0 Å². The van der Waals surface area contributed by atoms with Crippen molar-refractivity contribution in [1.29, 1.82) is 0 Å². The molecule has 0 aliphatic rings. The molecule has 2 aromatic rings. The first-order chi connectivity index (χ1) is 9.58. The molecule has 2 N–H and O–H groups in total. The van der Waals surface area contributed by atoms with Gasteiger partial charge in [-0.25, -0.2) is 9.18 Å². The van der Waals surface area contributed by atoms with E-state index in [1.54, 1.807) is 18.2 Å². The summed E-state index contributed by atoms with van der Waals surface area (Å²) < 4.78 is 13.3. The first-order valence-electron chi connectivity index (χ1n) is 5.64. The molecular formula is C14H10ClFN2O2. The van der Waals surface area contributed by atoms with E-state index in [9.17, 15) is 9.18 Å². The van der Waals surface area contributed by atoms with E-state index >= 15 is 0 Å². The zero-order valence-corrected chi connectivity index (χ0v) is 10.9. The number of aromatic carboxylic acids is 1. The second kappa shape index (κ2) is 6.16. The molecule has 6 heteroatoms. The number of halogens is 2. The zero-order chi connectivity index (χ0) is 14.5. The molecule has 0 aliphatic heterocycles. The van der Waals surface area contributed by atoms with Gasteiger partial charge in [0.25, 0.3) is 0 Å². The normalized spacial score (nSPS) is 10.7. The van der Waals surface area contributed by atoms with Gasteiger partial charge in [0.15, 0.2) is 0 Å². The third-order valence-corrected chi connectivity index (χ3v) is 2.84. The Bertz CT molecular complexity index is 674. The van der Waals surface area contributed by atoms with E-state index < -0.39 is 11.8 Å². The van der Waals surface area contributed by atoms with Crippen LogP contribution in [0.5, 0.6) is 0 Å². The second-order valence-electron chi connectivity index (χ2n) is 3.89. The van der Waals surface area contributed by atoms with Crippen molar-refractivity contribution < 1.29 is 14.3 Å². The lowest BCUT2D eigenvalue weighted by Crippen LogP contribution is -1.99. The maximum absolute atomic E-state index is 13.3. The van der Waals surface area contributed by atoms with E-state index in [0.717, 1.165) is 0 Å². The minimum atomic E-state index is -1.07. The van der Waals surface area contributed by atoms with Crippen molar-refractivity contribution in [3.8, 4) is 0 Å². The minimum absolute atomic E-state index is 0.0815. The molecule has 0 amide bonds. The van der Waals surface area contributed by atoms with Crippen LogP contribution < -0.4 is 5.43 Å². The Morgan fingerprint density at radius 2 is 2.05 bits per heavy atom. The van der Waals surface area contributed by atoms with Gasteiger partial charge in [-0.3, -0.25) is 5.43 Å². The maximum atomic E-state index is 13.3. The molecule has 0 atom stereocenters. The van der Waals surface area contributed by atoms with Crippen molar-refractivity contribution in [2.45, 2.75) is 0 Å². The molecule has 20 heavy (non-hydrogen) atoms. The highest BCUT2D eigenvalue weighted by atomic mass is 35.5. The van der Waals surface area contributed by atoms with Gasteiger partial charge in [0, 0.05) is 5.56 Å². The topological polar surface area (TPSA) is 61.7 Å². The van der Waals surface area contributed by atoms with Crippen LogP contribution in [0.2, 0.25) is 5.02 Å². The van der Waals surface area contributed by atoms with Gasteiger partial charge < -0.3 is 5.11 Å². The van der Waals surface area contributed by atoms with Gasteiger partial charge in [-0.2, -0.15) is 5.10 Å². The van der Waals surface area contributed by atoms with E-state index in [1.165, 1.54) is 30.5 Å². The van der Waals surface area contributed by atoms with Crippen LogP contribution in [0.3, 0.4) is 0 Å². The molecule has 0 fully saturated rings. The lowest BCUT2D eigenvalue weighted by Gasteiger charge is -2.04. The molecule has 0 heterocycles. The van der Waals surface area contributed by atoms with Crippen LogP contribution in [0.1, 0.15) is 15.9 Å². The van der Waals surface area contributed by atoms with Crippen LogP contribution in [-0.2, 0) is 0 Å². The quantitative estimate of drug-likeness (QED) is 0.668. The third-order valence-electron chi connectivity index (χ3n) is 2.51. The molecule has 0 spiro atoms. The molecule has 0 saturated heterocycles. The van der Waals surface area contributed by atoms with Crippen LogP contribution >= 0.6 is 11.6 Å². The smallest absolute Gasteiger partial charge is 0.335 e. The van der Waals surface area contributed by atoms with E-state index in [4.69, 9.17) is 16.7 Å². The summed E-state index contributed by atoms with van der Waals surface area (Å²) in [6.07, 6.45) is 1.29. The van der Waals surface area contributed by atoms with Crippen molar-refractivity contribution in [1.82, 2.24) is 0 Å². The molecule has 0 aliphatic carbocycles. The van der Waals surface area contributed by atoms with Crippen molar-refractivity contribution in [2.24, 2.45) is 5.10 Å². The van der Waals surface area contributed by atoms with Crippen LogP contribution in [0.4, 0.5) is 10.1 Å². The Labute approximate surface area is 119 Å². The first kappa shape index (κ1) is 14.0. The summed E-state index contributed by atoms with van der Waals surface area (Å²) in [5.74, 6) is -1.47. The number of rotatable bonds is 4. The number of hydrazone groups is 1. The Morgan fingerprint density at radius 3 is 2.75 bits per heavy atom. The van der Waals surface area contributed by atoms with Gasteiger partial charge in [-0.15, -0.1) is 0 Å². The highest BCUT2D eigenvalue weighted by molar-refractivity contribution is 6.33. The standard InChI is InChI=1S/C14H10ClFN2O2/c15-11-6-5-9(14(19)20)7-13(11)18-17-8-10-3-1-2-4-12(10)16/h1-8,18H,(H,19,20)/b17-8-. The molecule has 102 valence electrons. The number of hydrogen-bond acceptors (Lipinski definition) is 3. The number of carbonyl (C=O) groups is 1. The number of nitrogens with one attached hydrogen (secondary N) is 1. The van der Waals surface area contributed by atoms with E-state index in [2.05, 4.69) is 10.5 Å². The lowest BCUT2D eigenvalue weighted by molar-refractivity contribution is 0.0697. The Kier molecular flexibility index (Phi) is 4.32. The molecule has 4 nitrogen and oxygen atoms in total. The molecule has 2 aromatic carbocycles. The van der Waals surface area contributed by atoms with Crippen LogP contribution in [0.25, 0.3) is 0 Å². The van der Waals surface area contributed by atoms with Gasteiger partial charge in [0.1, 0.15) is 5.82 Å². The van der Waals surface area contributed by atoms with Crippen molar-refractivity contribution >= 4 is 29.5 Å². The number of carboxylic acids is 1. The molecule has 2 rings (SSSR count). The second-order valence-corrected chi connectivity index (χ2v) is 4.30. The van der Waals surface area contributed by atoms with Gasteiger partial charge >= 0.3 is 5.97 Å². The lowest BCUT2D eigenvalue weighted by atomic mass is 10.2. The highest BCUT2D eigenvalue weighted by Gasteiger charge is 2.06. The van der Waals surface area contributed by atoms with Gasteiger partial charge in [0.05, 0.1) is 22.5 Å². The predicted octanol–water partition coefficient (Wildman–Crippen LogP) is 3.62. The third kappa shape index (κ3) is 3.33. The highest BCUT2D eigenvalue weighted by Crippen LogP contribution is 2.23. The van der Waals surface area contributed by atoms with E-state index in [1.807, 2.05) is 0 Å².